The van der Waals surface area contributed by atoms with Gasteiger partial charge >= 0.3 is 5.97 Å². The molecular formula is C13H16N4O4. The monoisotopic (exact) mass is 292 g/mol. The van der Waals surface area contributed by atoms with E-state index in [1.807, 2.05) is 6.92 Å². The van der Waals surface area contributed by atoms with Crippen LogP contribution in [0.1, 0.15) is 17.4 Å². The minimum Gasteiger partial charge on any atom is -0.476 e. The normalized spacial score (nSPS) is 12.3. The fourth-order valence-electron chi connectivity index (χ4n) is 1.88. The fraction of sp³-hybridized carbons (Fsp3) is 0.385. The molecule has 0 amide bonds. The van der Waals surface area contributed by atoms with Crippen LogP contribution in [0.3, 0.4) is 0 Å². The molecule has 0 fully saturated rings. The maximum Gasteiger partial charge on any atom is 0.358 e. The predicted octanol–water partition coefficient (Wildman–Crippen LogP) is 0.436. The van der Waals surface area contributed by atoms with E-state index in [2.05, 4.69) is 15.3 Å². The van der Waals surface area contributed by atoms with E-state index in [4.69, 9.17) is 4.74 Å². The van der Waals surface area contributed by atoms with Crippen LogP contribution in [-0.4, -0.2) is 55.5 Å². The quantitative estimate of drug-likeness (QED) is 0.761. The average molecular weight is 292 g/mol. The highest BCUT2D eigenvalue weighted by Crippen LogP contribution is 2.21. The smallest absolute Gasteiger partial charge is 0.358 e. The zero-order chi connectivity index (χ0) is 15.2. The van der Waals surface area contributed by atoms with Gasteiger partial charge in [0.1, 0.15) is 5.69 Å². The van der Waals surface area contributed by atoms with Crippen molar-refractivity contribution in [2.75, 3.05) is 13.2 Å². The second-order valence-electron chi connectivity index (χ2n) is 4.33. The Balaban J connectivity index is 2.32. The van der Waals surface area contributed by atoms with Crippen LogP contribution in [0, 0.1) is 0 Å². The largest absolute Gasteiger partial charge is 0.476 e. The Labute approximate surface area is 121 Å². The number of aliphatic hydroxyl groups is 1. The van der Waals surface area contributed by atoms with Crippen molar-refractivity contribution in [3.05, 3.63) is 30.2 Å². The standard InChI is InChI=1S/C13H16N4O4/c1-2-21-8-10(18)7-17-12(9-4-3-5-14-6-9)11(13(19)20)15-16-17/h3-6,10,18H,2,7-8H2,1H3,(H,19,20). The van der Waals surface area contributed by atoms with Crippen LogP contribution >= 0.6 is 0 Å². The highest BCUT2D eigenvalue weighted by atomic mass is 16.5. The van der Waals surface area contributed by atoms with E-state index in [1.165, 1.54) is 10.9 Å². The van der Waals surface area contributed by atoms with Gasteiger partial charge in [0, 0.05) is 24.6 Å². The number of hydrogen-bond acceptors (Lipinski definition) is 6. The molecule has 2 heterocycles. The maximum atomic E-state index is 11.2. The first-order valence-corrected chi connectivity index (χ1v) is 6.46. The van der Waals surface area contributed by atoms with Gasteiger partial charge in [-0.2, -0.15) is 0 Å². The van der Waals surface area contributed by atoms with Gasteiger partial charge in [-0.3, -0.25) is 4.98 Å². The molecule has 1 unspecified atom stereocenters. The summed E-state index contributed by atoms with van der Waals surface area (Å²) < 4.78 is 6.48. The van der Waals surface area contributed by atoms with Gasteiger partial charge in [0.25, 0.3) is 0 Å². The average Bonchev–Trinajstić information content (AvgIpc) is 2.89. The minimum atomic E-state index is -1.18. The second-order valence-corrected chi connectivity index (χ2v) is 4.33. The molecular weight excluding hydrogens is 276 g/mol. The predicted molar refractivity (Wildman–Crippen MR) is 72.7 cm³/mol. The Bertz CT molecular complexity index is 599. The zero-order valence-electron chi connectivity index (χ0n) is 11.5. The summed E-state index contributed by atoms with van der Waals surface area (Å²) in [4.78, 5) is 15.2. The summed E-state index contributed by atoms with van der Waals surface area (Å²) in [7, 11) is 0. The molecule has 2 N–H and O–H groups in total. The number of aromatic nitrogens is 4. The number of aliphatic hydroxyl groups excluding tert-OH is 1. The molecule has 0 aliphatic rings. The van der Waals surface area contributed by atoms with Gasteiger partial charge in [0.2, 0.25) is 0 Å². The lowest BCUT2D eigenvalue weighted by atomic mass is 10.1. The molecule has 2 aromatic heterocycles. The van der Waals surface area contributed by atoms with E-state index in [1.54, 1.807) is 18.3 Å². The van der Waals surface area contributed by atoms with Crippen LogP contribution < -0.4 is 0 Å². The molecule has 0 bridgehead atoms. The second kappa shape index (κ2) is 6.91. The molecule has 0 spiro atoms. The van der Waals surface area contributed by atoms with Crippen molar-refractivity contribution in [1.82, 2.24) is 20.0 Å². The Morgan fingerprint density at radius 2 is 2.33 bits per heavy atom. The first kappa shape index (κ1) is 15.1. The van der Waals surface area contributed by atoms with Gasteiger partial charge in [-0.25, -0.2) is 9.48 Å². The summed E-state index contributed by atoms with van der Waals surface area (Å²) in [5, 5.41) is 26.5. The Morgan fingerprint density at radius 3 is 2.95 bits per heavy atom. The summed E-state index contributed by atoms with van der Waals surface area (Å²) >= 11 is 0. The Hall–Kier alpha value is -2.32. The molecule has 8 nitrogen and oxygen atoms in total. The number of hydrogen-bond donors (Lipinski definition) is 2. The third-order valence-corrected chi connectivity index (χ3v) is 2.77. The zero-order valence-corrected chi connectivity index (χ0v) is 11.5. The third-order valence-electron chi connectivity index (χ3n) is 2.77. The van der Waals surface area contributed by atoms with Crippen LogP contribution in [-0.2, 0) is 11.3 Å². The summed E-state index contributed by atoms with van der Waals surface area (Å²) in [5.41, 5.74) is 0.710. The molecule has 0 aliphatic carbocycles. The van der Waals surface area contributed by atoms with Crippen LogP contribution in [0.15, 0.2) is 24.5 Å². The van der Waals surface area contributed by atoms with Crippen molar-refractivity contribution >= 4 is 5.97 Å². The van der Waals surface area contributed by atoms with Crippen molar-refractivity contribution in [2.45, 2.75) is 19.6 Å². The summed E-state index contributed by atoms with van der Waals surface area (Å²) in [6.07, 6.45) is 2.31. The molecule has 0 aliphatic heterocycles. The minimum absolute atomic E-state index is 0.0878. The molecule has 112 valence electrons. The van der Waals surface area contributed by atoms with E-state index in [-0.39, 0.29) is 18.8 Å². The van der Waals surface area contributed by atoms with Gasteiger partial charge in [0.15, 0.2) is 5.69 Å². The molecule has 2 aromatic rings. The van der Waals surface area contributed by atoms with Crippen LogP contribution in [0.25, 0.3) is 11.3 Å². The Kier molecular flexibility index (Phi) is 4.96. The number of carboxylic acid groups (broad SMARTS) is 1. The molecule has 0 aromatic carbocycles. The SMILES string of the molecule is CCOCC(O)Cn1nnc(C(=O)O)c1-c1cccnc1. The highest BCUT2D eigenvalue weighted by molar-refractivity contribution is 5.92. The van der Waals surface area contributed by atoms with Crippen LogP contribution in [0.2, 0.25) is 0 Å². The van der Waals surface area contributed by atoms with Crippen molar-refractivity contribution in [3.63, 3.8) is 0 Å². The van der Waals surface area contributed by atoms with Crippen molar-refractivity contribution < 1.29 is 19.7 Å². The fourth-order valence-corrected chi connectivity index (χ4v) is 1.88. The number of carbonyl (C=O) groups is 1. The van der Waals surface area contributed by atoms with Crippen molar-refractivity contribution in [1.29, 1.82) is 0 Å². The highest BCUT2D eigenvalue weighted by Gasteiger charge is 2.22. The molecule has 8 heteroatoms. The van der Waals surface area contributed by atoms with Gasteiger partial charge in [-0.15, -0.1) is 5.10 Å². The summed E-state index contributed by atoms with van der Waals surface area (Å²) in [5.74, 6) is -1.18. The summed E-state index contributed by atoms with van der Waals surface area (Å²) in [6, 6.07) is 3.40. The number of aromatic carboxylic acids is 1. The first-order valence-electron chi connectivity index (χ1n) is 6.46. The van der Waals surface area contributed by atoms with Crippen LogP contribution in [0.4, 0.5) is 0 Å². The van der Waals surface area contributed by atoms with Gasteiger partial charge in [0.05, 0.1) is 19.3 Å². The topological polar surface area (TPSA) is 110 Å². The molecule has 0 saturated carbocycles. The molecule has 21 heavy (non-hydrogen) atoms. The molecule has 2 rings (SSSR count). The number of rotatable bonds is 7. The van der Waals surface area contributed by atoms with E-state index in [0.717, 1.165) is 0 Å². The van der Waals surface area contributed by atoms with E-state index in [0.29, 0.717) is 17.9 Å². The number of nitrogens with zero attached hydrogens (tertiary/aromatic N) is 4. The van der Waals surface area contributed by atoms with Gasteiger partial charge < -0.3 is 14.9 Å². The molecule has 1 atom stereocenters. The lowest BCUT2D eigenvalue weighted by molar-refractivity contribution is 0.0316. The molecule has 0 radical (unpaired) electrons. The first-order chi connectivity index (χ1) is 10.1. The van der Waals surface area contributed by atoms with Crippen molar-refractivity contribution in [3.8, 4) is 11.3 Å². The third kappa shape index (κ3) is 3.61. The Morgan fingerprint density at radius 1 is 1.52 bits per heavy atom. The van der Waals surface area contributed by atoms with Crippen molar-refractivity contribution in [2.24, 2.45) is 0 Å². The summed E-state index contributed by atoms with van der Waals surface area (Å²) in [6.45, 7) is 2.55. The van der Waals surface area contributed by atoms with Gasteiger partial charge in [-0.05, 0) is 19.1 Å². The number of ether oxygens (including phenoxy) is 1. The number of pyridine rings is 1. The van der Waals surface area contributed by atoms with E-state index in [9.17, 15) is 15.0 Å². The molecule has 0 saturated heterocycles. The lowest BCUT2D eigenvalue weighted by Gasteiger charge is -2.12. The maximum absolute atomic E-state index is 11.2. The van der Waals surface area contributed by atoms with Gasteiger partial charge in [-0.1, -0.05) is 5.21 Å². The van der Waals surface area contributed by atoms with E-state index >= 15 is 0 Å². The number of carboxylic acids is 1. The van der Waals surface area contributed by atoms with Crippen LogP contribution in [0.5, 0.6) is 0 Å². The lowest BCUT2D eigenvalue weighted by Crippen LogP contribution is -2.23. The van der Waals surface area contributed by atoms with E-state index < -0.39 is 12.1 Å².